The minimum absolute atomic E-state index is 0.244. The number of benzene rings is 1. The second-order valence-corrected chi connectivity index (χ2v) is 6.21. The van der Waals surface area contributed by atoms with E-state index in [4.69, 9.17) is 4.74 Å². The minimum Gasteiger partial charge on any atom is -0.457 e. The number of aromatic nitrogens is 2. The van der Waals surface area contributed by atoms with Gasteiger partial charge in [-0.05, 0) is 19.4 Å². The largest absolute Gasteiger partial charge is 0.457 e. The number of carbonyl (C=O) groups is 1. The van der Waals surface area contributed by atoms with Gasteiger partial charge in [0, 0.05) is 37.6 Å². The highest BCUT2D eigenvalue weighted by Crippen LogP contribution is 2.13. The van der Waals surface area contributed by atoms with E-state index in [-0.39, 0.29) is 6.61 Å². The summed E-state index contributed by atoms with van der Waals surface area (Å²) in [6.07, 6.45) is 3.07. The van der Waals surface area contributed by atoms with Gasteiger partial charge in [-0.2, -0.15) is 0 Å². The molecule has 24 heavy (non-hydrogen) atoms. The predicted molar refractivity (Wildman–Crippen MR) is 91.9 cm³/mol. The molecular formula is C18H22N4O2. The first-order valence-corrected chi connectivity index (χ1v) is 8.16. The first kappa shape index (κ1) is 16.4. The van der Waals surface area contributed by atoms with Crippen molar-refractivity contribution < 1.29 is 9.53 Å². The zero-order chi connectivity index (χ0) is 16.9. The van der Waals surface area contributed by atoms with Crippen LogP contribution in [-0.4, -0.2) is 41.1 Å². The van der Waals surface area contributed by atoms with E-state index in [0.29, 0.717) is 23.6 Å². The van der Waals surface area contributed by atoms with Gasteiger partial charge in [0.2, 0.25) is 5.95 Å². The summed E-state index contributed by atoms with van der Waals surface area (Å²) in [6.45, 7) is 6.22. The van der Waals surface area contributed by atoms with Gasteiger partial charge in [0.05, 0.1) is 5.56 Å². The van der Waals surface area contributed by atoms with Crippen LogP contribution in [0.3, 0.4) is 0 Å². The summed E-state index contributed by atoms with van der Waals surface area (Å²) < 4.78 is 5.29. The predicted octanol–water partition coefficient (Wildman–Crippen LogP) is 2.02. The number of nitrogens with one attached hydrogen (secondary N) is 1. The molecule has 2 heterocycles. The Kier molecular flexibility index (Phi) is 5.05. The standard InChI is InChI=1S/C18H22N4O2/c1-13-10-22(11-14(2)21-13)18-19-8-16(9-20-18)17(23)24-12-15-6-4-3-5-7-15/h3-9,13-14,21H,10-12H2,1-2H3/t13-,14+. The molecule has 1 aromatic carbocycles. The molecule has 2 atom stereocenters. The van der Waals surface area contributed by atoms with Gasteiger partial charge in [-0.1, -0.05) is 30.3 Å². The number of esters is 1. The molecule has 6 nitrogen and oxygen atoms in total. The fourth-order valence-electron chi connectivity index (χ4n) is 2.89. The normalized spacial score (nSPS) is 20.7. The maximum Gasteiger partial charge on any atom is 0.341 e. The Morgan fingerprint density at radius 1 is 1.17 bits per heavy atom. The maximum atomic E-state index is 12.1. The molecule has 126 valence electrons. The summed E-state index contributed by atoms with van der Waals surface area (Å²) in [5.41, 5.74) is 1.32. The SMILES string of the molecule is C[C@@H]1CN(c2ncc(C(=O)OCc3ccccc3)cn2)C[C@H](C)N1. The van der Waals surface area contributed by atoms with Gasteiger partial charge >= 0.3 is 5.97 Å². The smallest absolute Gasteiger partial charge is 0.341 e. The van der Waals surface area contributed by atoms with Gasteiger partial charge < -0.3 is 15.0 Å². The second-order valence-electron chi connectivity index (χ2n) is 6.21. The molecule has 1 aliphatic heterocycles. The summed E-state index contributed by atoms with van der Waals surface area (Å²) >= 11 is 0. The van der Waals surface area contributed by atoms with E-state index in [1.165, 1.54) is 12.4 Å². The molecule has 1 aliphatic rings. The second kappa shape index (κ2) is 7.40. The van der Waals surface area contributed by atoms with Crippen LogP contribution in [0.4, 0.5) is 5.95 Å². The van der Waals surface area contributed by atoms with Crippen LogP contribution < -0.4 is 10.2 Å². The number of piperazine rings is 1. The lowest BCUT2D eigenvalue weighted by atomic mass is 10.1. The van der Waals surface area contributed by atoms with E-state index in [1.54, 1.807) is 0 Å². The highest BCUT2D eigenvalue weighted by atomic mass is 16.5. The first-order valence-electron chi connectivity index (χ1n) is 8.16. The molecule has 1 fully saturated rings. The van der Waals surface area contributed by atoms with E-state index in [9.17, 15) is 4.79 Å². The molecule has 0 unspecified atom stereocenters. The Hall–Kier alpha value is -2.47. The fraction of sp³-hybridized carbons (Fsp3) is 0.389. The quantitative estimate of drug-likeness (QED) is 0.867. The maximum absolute atomic E-state index is 12.1. The lowest BCUT2D eigenvalue weighted by Gasteiger charge is -2.36. The lowest BCUT2D eigenvalue weighted by molar-refractivity contribution is 0.0471. The molecule has 2 aromatic rings. The summed E-state index contributed by atoms with van der Waals surface area (Å²) in [4.78, 5) is 22.9. The van der Waals surface area contributed by atoms with Gasteiger partial charge in [0.15, 0.2) is 0 Å². The molecular weight excluding hydrogens is 304 g/mol. The van der Waals surface area contributed by atoms with Gasteiger partial charge in [0.1, 0.15) is 6.61 Å². The van der Waals surface area contributed by atoms with Gasteiger partial charge in [-0.3, -0.25) is 0 Å². The van der Waals surface area contributed by atoms with Crippen molar-refractivity contribution in [2.45, 2.75) is 32.5 Å². The minimum atomic E-state index is -0.410. The highest BCUT2D eigenvalue weighted by molar-refractivity contribution is 5.88. The third kappa shape index (κ3) is 4.08. The third-order valence-corrected chi connectivity index (χ3v) is 3.93. The molecule has 1 aromatic heterocycles. The summed E-state index contributed by atoms with van der Waals surface area (Å²) in [7, 11) is 0. The van der Waals surface area contributed by atoms with Crippen molar-refractivity contribution in [1.29, 1.82) is 0 Å². The molecule has 0 spiro atoms. The van der Waals surface area contributed by atoms with Crippen molar-refractivity contribution >= 4 is 11.9 Å². The van der Waals surface area contributed by atoms with Crippen molar-refractivity contribution in [3.05, 3.63) is 53.9 Å². The number of hydrogen-bond donors (Lipinski definition) is 1. The number of ether oxygens (including phenoxy) is 1. The van der Waals surface area contributed by atoms with Crippen LogP contribution >= 0.6 is 0 Å². The van der Waals surface area contributed by atoms with Crippen LogP contribution in [0.2, 0.25) is 0 Å². The van der Waals surface area contributed by atoms with E-state index in [1.807, 2.05) is 30.3 Å². The molecule has 0 amide bonds. The number of hydrogen-bond acceptors (Lipinski definition) is 6. The van der Waals surface area contributed by atoms with E-state index < -0.39 is 5.97 Å². The van der Waals surface area contributed by atoms with Crippen molar-refractivity contribution in [1.82, 2.24) is 15.3 Å². The Labute approximate surface area is 141 Å². The van der Waals surface area contributed by atoms with Crippen LogP contribution in [0.1, 0.15) is 29.8 Å². The summed E-state index contributed by atoms with van der Waals surface area (Å²) in [5, 5.41) is 3.47. The average Bonchev–Trinajstić information content (AvgIpc) is 2.60. The monoisotopic (exact) mass is 326 g/mol. The number of nitrogens with zero attached hydrogens (tertiary/aromatic N) is 3. The van der Waals surface area contributed by atoms with Crippen molar-refractivity contribution in [3.63, 3.8) is 0 Å². The lowest BCUT2D eigenvalue weighted by Crippen LogP contribution is -2.54. The van der Waals surface area contributed by atoms with Crippen LogP contribution in [0.5, 0.6) is 0 Å². The molecule has 0 aliphatic carbocycles. The summed E-state index contributed by atoms with van der Waals surface area (Å²) in [6, 6.07) is 10.3. The van der Waals surface area contributed by atoms with Gasteiger partial charge in [-0.15, -0.1) is 0 Å². The van der Waals surface area contributed by atoms with Crippen LogP contribution in [0.25, 0.3) is 0 Å². The number of anilines is 1. The van der Waals surface area contributed by atoms with Crippen molar-refractivity contribution in [2.24, 2.45) is 0 Å². The molecule has 0 bridgehead atoms. The van der Waals surface area contributed by atoms with Crippen LogP contribution in [0, 0.1) is 0 Å². The fourth-order valence-corrected chi connectivity index (χ4v) is 2.89. The van der Waals surface area contributed by atoms with Crippen LogP contribution in [0.15, 0.2) is 42.7 Å². The Morgan fingerprint density at radius 3 is 2.42 bits per heavy atom. The van der Waals surface area contributed by atoms with E-state index in [0.717, 1.165) is 18.7 Å². The Morgan fingerprint density at radius 2 is 1.79 bits per heavy atom. The topological polar surface area (TPSA) is 67.4 Å². The average molecular weight is 326 g/mol. The molecule has 3 rings (SSSR count). The number of rotatable bonds is 4. The molecule has 1 saturated heterocycles. The number of carbonyl (C=O) groups excluding carboxylic acids is 1. The Balaban J connectivity index is 1.60. The van der Waals surface area contributed by atoms with E-state index >= 15 is 0 Å². The van der Waals surface area contributed by atoms with Gasteiger partial charge in [0.25, 0.3) is 0 Å². The van der Waals surface area contributed by atoms with E-state index in [2.05, 4.69) is 34.0 Å². The van der Waals surface area contributed by atoms with Crippen LogP contribution in [-0.2, 0) is 11.3 Å². The van der Waals surface area contributed by atoms with Crippen molar-refractivity contribution in [2.75, 3.05) is 18.0 Å². The molecule has 0 radical (unpaired) electrons. The zero-order valence-corrected chi connectivity index (χ0v) is 14.0. The third-order valence-electron chi connectivity index (χ3n) is 3.93. The highest BCUT2D eigenvalue weighted by Gasteiger charge is 2.23. The Bertz CT molecular complexity index is 665. The van der Waals surface area contributed by atoms with Crippen molar-refractivity contribution in [3.8, 4) is 0 Å². The first-order chi connectivity index (χ1) is 11.6. The zero-order valence-electron chi connectivity index (χ0n) is 14.0. The van der Waals surface area contributed by atoms with Gasteiger partial charge in [-0.25, -0.2) is 14.8 Å². The molecule has 0 saturated carbocycles. The summed E-state index contributed by atoms with van der Waals surface area (Å²) in [5.74, 6) is 0.238. The molecule has 1 N–H and O–H groups in total. The molecule has 6 heteroatoms.